The van der Waals surface area contributed by atoms with Gasteiger partial charge in [-0.3, -0.25) is 0 Å². The van der Waals surface area contributed by atoms with Crippen LogP contribution >= 0.6 is 23.2 Å². The molecule has 102 valence electrons. The molecule has 1 aromatic heterocycles. The molecule has 0 radical (unpaired) electrons. The van der Waals surface area contributed by atoms with E-state index in [1.165, 1.54) is 0 Å². The van der Waals surface area contributed by atoms with Gasteiger partial charge in [0.2, 0.25) is 0 Å². The maximum Gasteiger partial charge on any atom is 0.0487 e. The van der Waals surface area contributed by atoms with Gasteiger partial charge in [0.25, 0.3) is 0 Å². The van der Waals surface area contributed by atoms with Crippen molar-refractivity contribution in [3.05, 3.63) is 58.2 Å². The van der Waals surface area contributed by atoms with Gasteiger partial charge in [-0.25, -0.2) is 0 Å². The number of nitrogens with zero attached hydrogens (tertiary/aromatic N) is 1. The van der Waals surface area contributed by atoms with Crippen molar-refractivity contribution < 1.29 is 0 Å². The molecule has 2 aromatic carbocycles. The van der Waals surface area contributed by atoms with E-state index in [-0.39, 0.29) is 0 Å². The third-order valence-electron chi connectivity index (χ3n) is 3.62. The standard InChI is InChI=1S/C16H14Cl2N2/c1-20-14-7-6-10(17)8-12(14)16(15(20)9-19)11-4-2-3-5-13(11)18/h2-8H,9,19H2,1H3. The minimum absolute atomic E-state index is 0.448. The molecule has 3 rings (SSSR count). The lowest BCUT2D eigenvalue weighted by molar-refractivity contribution is 0.851. The van der Waals surface area contributed by atoms with Gasteiger partial charge in [-0.15, -0.1) is 0 Å². The van der Waals surface area contributed by atoms with Crippen LogP contribution in [0.3, 0.4) is 0 Å². The number of benzene rings is 2. The molecule has 1 heterocycles. The molecule has 0 aliphatic heterocycles. The first-order chi connectivity index (χ1) is 9.63. The molecular weight excluding hydrogens is 291 g/mol. The lowest BCUT2D eigenvalue weighted by atomic mass is 10.0. The molecule has 0 atom stereocenters. The van der Waals surface area contributed by atoms with E-state index < -0.39 is 0 Å². The number of halogens is 2. The van der Waals surface area contributed by atoms with Crippen molar-refractivity contribution in [2.75, 3.05) is 0 Å². The average Bonchev–Trinajstić information content (AvgIpc) is 2.71. The fraction of sp³-hybridized carbons (Fsp3) is 0.125. The minimum atomic E-state index is 0.448. The topological polar surface area (TPSA) is 30.9 Å². The van der Waals surface area contributed by atoms with Crippen molar-refractivity contribution in [2.24, 2.45) is 12.8 Å². The van der Waals surface area contributed by atoms with Crippen LogP contribution in [0.4, 0.5) is 0 Å². The maximum atomic E-state index is 6.35. The summed E-state index contributed by atoms with van der Waals surface area (Å²) in [5.74, 6) is 0. The Morgan fingerprint density at radius 3 is 2.55 bits per heavy atom. The van der Waals surface area contributed by atoms with E-state index in [2.05, 4.69) is 4.57 Å². The fourth-order valence-corrected chi connectivity index (χ4v) is 3.08. The van der Waals surface area contributed by atoms with Gasteiger partial charge in [0.15, 0.2) is 0 Å². The molecule has 2 nitrogen and oxygen atoms in total. The molecule has 0 bridgehead atoms. The zero-order chi connectivity index (χ0) is 14.3. The number of aryl methyl sites for hydroxylation is 1. The van der Waals surface area contributed by atoms with E-state index in [4.69, 9.17) is 28.9 Å². The Morgan fingerprint density at radius 2 is 1.85 bits per heavy atom. The summed E-state index contributed by atoms with van der Waals surface area (Å²) < 4.78 is 2.10. The Hall–Kier alpha value is -1.48. The second-order valence-corrected chi connectivity index (χ2v) is 5.57. The van der Waals surface area contributed by atoms with Gasteiger partial charge in [-0.1, -0.05) is 41.4 Å². The zero-order valence-electron chi connectivity index (χ0n) is 11.0. The normalized spacial score (nSPS) is 11.2. The quantitative estimate of drug-likeness (QED) is 0.736. The van der Waals surface area contributed by atoms with E-state index in [9.17, 15) is 0 Å². The smallest absolute Gasteiger partial charge is 0.0487 e. The molecule has 0 fully saturated rings. The molecule has 0 saturated heterocycles. The van der Waals surface area contributed by atoms with Gasteiger partial charge in [0.1, 0.15) is 0 Å². The van der Waals surface area contributed by atoms with Crippen LogP contribution in [0, 0.1) is 0 Å². The number of nitrogens with two attached hydrogens (primary N) is 1. The summed E-state index contributed by atoms with van der Waals surface area (Å²) in [5, 5.41) is 2.50. The number of aromatic nitrogens is 1. The summed E-state index contributed by atoms with van der Waals surface area (Å²) in [6.45, 7) is 0.448. The van der Waals surface area contributed by atoms with Crippen LogP contribution in [0.2, 0.25) is 10.0 Å². The van der Waals surface area contributed by atoms with Crippen LogP contribution in [0.25, 0.3) is 22.0 Å². The average molecular weight is 305 g/mol. The van der Waals surface area contributed by atoms with Crippen molar-refractivity contribution in [3.63, 3.8) is 0 Å². The van der Waals surface area contributed by atoms with Gasteiger partial charge in [-0.2, -0.15) is 0 Å². The van der Waals surface area contributed by atoms with Crippen molar-refractivity contribution in [2.45, 2.75) is 6.54 Å². The fourth-order valence-electron chi connectivity index (χ4n) is 2.67. The Kier molecular flexibility index (Phi) is 3.47. The van der Waals surface area contributed by atoms with Gasteiger partial charge in [0, 0.05) is 51.4 Å². The van der Waals surface area contributed by atoms with Crippen LogP contribution in [0.5, 0.6) is 0 Å². The van der Waals surface area contributed by atoms with Crippen LogP contribution < -0.4 is 5.73 Å². The first kappa shape index (κ1) is 13.5. The number of rotatable bonds is 2. The molecule has 3 aromatic rings. The monoisotopic (exact) mass is 304 g/mol. The highest BCUT2D eigenvalue weighted by molar-refractivity contribution is 6.34. The third-order valence-corrected chi connectivity index (χ3v) is 4.18. The Morgan fingerprint density at radius 1 is 1.10 bits per heavy atom. The lowest BCUT2D eigenvalue weighted by Crippen LogP contribution is -2.04. The predicted molar refractivity (Wildman–Crippen MR) is 86.3 cm³/mol. The van der Waals surface area contributed by atoms with Crippen molar-refractivity contribution >= 4 is 34.1 Å². The third kappa shape index (κ3) is 2.01. The second-order valence-electron chi connectivity index (χ2n) is 4.73. The summed E-state index contributed by atoms with van der Waals surface area (Å²) in [4.78, 5) is 0. The Labute approximate surface area is 127 Å². The van der Waals surface area contributed by atoms with Crippen LogP contribution in [0.1, 0.15) is 5.69 Å². The summed E-state index contributed by atoms with van der Waals surface area (Å²) in [6.07, 6.45) is 0. The van der Waals surface area contributed by atoms with E-state index >= 15 is 0 Å². The summed E-state index contributed by atoms with van der Waals surface area (Å²) in [5.41, 5.74) is 10.2. The molecule has 0 spiro atoms. The van der Waals surface area contributed by atoms with Gasteiger partial charge in [-0.05, 0) is 24.3 Å². The number of hydrogen-bond acceptors (Lipinski definition) is 1. The lowest BCUT2D eigenvalue weighted by Gasteiger charge is -2.07. The van der Waals surface area contributed by atoms with Gasteiger partial charge < -0.3 is 10.3 Å². The summed E-state index contributed by atoms with van der Waals surface area (Å²) >= 11 is 12.5. The van der Waals surface area contributed by atoms with E-state index in [1.54, 1.807) is 0 Å². The van der Waals surface area contributed by atoms with Gasteiger partial charge in [0.05, 0.1) is 0 Å². The predicted octanol–water partition coefficient (Wildman–Crippen LogP) is 4.61. The van der Waals surface area contributed by atoms with Crippen molar-refractivity contribution in [3.8, 4) is 11.1 Å². The molecule has 0 amide bonds. The molecule has 2 N–H and O–H groups in total. The SMILES string of the molecule is Cn1c(CN)c(-c2ccccc2Cl)c2cc(Cl)ccc21. The largest absolute Gasteiger partial charge is 0.346 e. The Balaban J connectivity index is 2.45. The number of fused-ring (bicyclic) bond motifs is 1. The van der Waals surface area contributed by atoms with Crippen molar-refractivity contribution in [1.82, 2.24) is 4.57 Å². The summed E-state index contributed by atoms with van der Waals surface area (Å²) in [6, 6.07) is 13.7. The molecular formula is C16H14Cl2N2. The highest BCUT2D eigenvalue weighted by atomic mass is 35.5. The highest BCUT2D eigenvalue weighted by Gasteiger charge is 2.17. The van der Waals surface area contributed by atoms with Crippen LogP contribution in [-0.2, 0) is 13.6 Å². The van der Waals surface area contributed by atoms with E-state index in [0.29, 0.717) is 11.6 Å². The number of hydrogen-bond donors (Lipinski definition) is 1. The molecule has 0 aliphatic carbocycles. The maximum absolute atomic E-state index is 6.35. The molecule has 4 heteroatoms. The molecule has 0 aliphatic rings. The first-order valence-electron chi connectivity index (χ1n) is 6.35. The second kappa shape index (κ2) is 5.13. The zero-order valence-corrected chi connectivity index (χ0v) is 12.5. The van der Waals surface area contributed by atoms with E-state index in [0.717, 1.165) is 32.7 Å². The minimum Gasteiger partial charge on any atom is -0.346 e. The highest BCUT2D eigenvalue weighted by Crippen LogP contribution is 2.38. The molecule has 20 heavy (non-hydrogen) atoms. The van der Waals surface area contributed by atoms with Crippen LogP contribution in [0.15, 0.2) is 42.5 Å². The summed E-state index contributed by atoms with van der Waals surface area (Å²) in [7, 11) is 2.01. The first-order valence-corrected chi connectivity index (χ1v) is 7.11. The van der Waals surface area contributed by atoms with E-state index in [1.807, 2.05) is 49.5 Å². The van der Waals surface area contributed by atoms with Gasteiger partial charge >= 0.3 is 0 Å². The Bertz CT molecular complexity index is 791. The van der Waals surface area contributed by atoms with Crippen molar-refractivity contribution in [1.29, 1.82) is 0 Å². The molecule has 0 unspecified atom stereocenters. The molecule has 0 saturated carbocycles. The van der Waals surface area contributed by atoms with Crippen LogP contribution in [-0.4, -0.2) is 4.57 Å².